The van der Waals surface area contributed by atoms with E-state index in [1.807, 2.05) is 24.5 Å². The lowest BCUT2D eigenvalue weighted by Crippen LogP contribution is -2.17. The molecular formula is C9H14N2. The molecule has 2 nitrogen and oxygen atoms in total. The van der Waals surface area contributed by atoms with Gasteiger partial charge in [-0.2, -0.15) is 0 Å². The lowest BCUT2D eigenvalue weighted by Gasteiger charge is -2.17. The summed E-state index contributed by atoms with van der Waals surface area (Å²) in [5, 5.41) is 0. The molecule has 0 saturated carbocycles. The first-order chi connectivity index (χ1) is 5.34. The number of aromatic nitrogens is 1. The Bertz CT molecular complexity index is 196. The molecule has 1 rings (SSSR count). The lowest BCUT2D eigenvalue weighted by molar-refractivity contribution is 0.851. The maximum Gasteiger partial charge on any atom is 0.0394 e. The van der Waals surface area contributed by atoms with Crippen molar-refractivity contribution >= 4 is 5.69 Å². The van der Waals surface area contributed by atoms with E-state index in [9.17, 15) is 0 Å². The standard InChI is InChI=1S/C9H14N2/c1-3-8-11(2)9-4-6-10-7-5-9/h4-7H,3,8H2,1-2H3. The summed E-state index contributed by atoms with van der Waals surface area (Å²) in [5.74, 6) is 0. The third kappa shape index (κ3) is 2.22. The molecule has 2 heteroatoms. The molecule has 0 atom stereocenters. The third-order valence-corrected chi connectivity index (χ3v) is 1.66. The summed E-state index contributed by atoms with van der Waals surface area (Å²) in [5.41, 5.74) is 1.24. The van der Waals surface area contributed by atoms with E-state index in [2.05, 4.69) is 23.9 Å². The zero-order chi connectivity index (χ0) is 8.10. The van der Waals surface area contributed by atoms with Crippen molar-refractivity contribution in [1.82, 2.24) is 4.98 Å². The highest BCUT2D eigenvalue weighted by atomic mass is 15.1. The largest absolute Gasteiger partial charge is 0.375 e. The molecule has 0 N–H and O–H groups in total. The van der Waals surface area contributed by atoms with Crippen LogP contribution in [0.25, 0.3) is 0 Å². The van der Waals surface area contributed by atoms with Crippen molar-refractivity contribution in [2.24, 2.45) is 0 Å². The van der Waals surface area contributed by atoms with E-state index in [1.165, 1.54) is 12.1 Å². The molecule has 1 aromatic rings. The predicted octanol–water partition coefficient (Wildman–Crippen LogP) is 1.93. The molecule has 60 valence electrons. The van der Waals surface area contributed by atoms with Gasteiger partial charge in [0, 0.05) is 31.7 Å². The Labute approximate surface area is 67.9 Å². The Kier molecular flexibility index (Phi) is 2.90. The van der Waals surface area contributed by atoms with Crippen molar-refractivity contribution in [3.63, 3.8) is 0 Å². The van der Waals surface area contributed by atoms with Crippen LogP contribution in [0, 0.1) is 0 Å². The van der Waals surface area contributed by atoms with Crippen molar-refractivity contribution in [3.05, 3.63) is 24.5 Å². The molecule has 0 aliphatic heterocycles. The molecule has 0 saturated heterocycles. The highest BCUT2D eigenvalue weighted by Crippen LogP contribution is 2.09. The van der Waals surface area contributed by atoms with Gasteiger partial charge in [-0.25, -0.2) is 0 Å². The predicted molar refractivity (Wildman–Crippen MR) is 47.8 cm³/mol. The zero-order valence-corrected chi connectivity index (χ0v) is 7.12. The highest BCUT2D eigenvalue weighted by Gasteiger charge is 1.95. The first kappa shape index (κ1) is 8.05. The monoisotopic (exact) mass is 150 g/mol. The van der Waals surface area contributed by atoms with Crippen molar-refractivity contribution < 1.29 is 0 Å². The second-order valence-electron chi connectivity index (χ2n) is 2.63. The van der Waals surface area contributed by atoms with Gasteiger partial charge in [0.2, 0.25) is 0 Å². The summed E-state index contributed by atoms with van der Waals surface area (Å²) < 4.78 is 0. The Morgan fingerprint density at radius 2 is 2.00 bits per heavy atom. The Morgan fingerprint density at radius 1 is 1.36 bits per heavy atom. The van der Waals surface area contributed by atoms with Crippen molar-refractivity contribution in [1.29, 1.82) is 0 Å². The summed E-state index contributed by atoms with van der Waals surface area (Å²) in [4.78, 5) is 6.19. The van der Waals surface area contributed by atoms with Crippen LogP contribution in [0.4, 0.5) is 5.69 Å². The minimum absolute atomic E-state index is 1.10. The molecule has 11 heavy (non-hydrogen) atoms. The van der Waals surface area contributed by atoms with Crippen LogP contribution in [-0.4, -0.2) is 18.6 Å². The quantitative estimate of drug-likeness (QED) is 0.654. The molecule has 1 heterocycles. The average molecular weight is 150 g/mol. The molecule has 0 bridgehead atoms. The van der Waals surface area contributed by atoms with E-state index in [1.54, 1.807) is 0 Å². The number of anilines is 1. The molecule has 1 aromatic heterocycles. The van der Waals surface area contributed by atoms with Crippen LogP contribution in [0.5, 0.6) is 0 Å². The maximum atomic E-state index is 3.96. The van der Waals surface area contributed by atoms with Gasteiger partial charge < -0.3 is 4.90 Å². The van der Waals surface area contributed by atoms with Crippen LogP contribution in [0.1, 0.15) is 13.3 Å². The van der Waals surface area contributed by atoms with Gasteiger partial charge in [0.1, 0.15) is 0 Å². The second-order valence-corrected chi connectivity index (χ2v) is 2.63. The van der Waals surface area contributed by atoms with Crippen molar-refractivity contribution in [2.75, 3.05) is 18.5 Å². The van der Waals surface area contributed by atoms with Crippen molar-refractivity contribution in [3.8, 4) is 0 Å². The molecule has 0 amide bonds. The molecule has 0 fully saturated rings. The minimum atomic E-state index is 1.10. The highest BCUT2D eigenvalue weighted by molar-refractivity contribution is 5.43. The van der Waals surface area contributed by atoms with Crippen LogP contribution >= 0.6 is 0 Å². The fourth-order valence-electron chi connectivity index (χ4n) is 1.06. The molecule has 0 aliphatic carbocycles. The molecule has 0 unspecified atom stereocenters. The van der Waals surface area contributed by atoms with Gasteiger partial charge >= 0.3 is 0 Å². The first-order valence-electron chi connectivity index (χ1n) is 3.95. The van der Waals surface area contributed by atoms with Crippen LogP contribution in [0.3, 0.4) is 0 Å². The van der Waals surface area contributed by atoms with Crippen LogP contribution < -0.4 is 4.90 Å². The van der Waals surface area contributed by atoms with Gasteiger partial charge in [-0.15, -0.1) is 0 Å². The molecule has 0 spiro atoms. The number of pyridine rings is 1. The van der Waals surface area contributed by atoms with E-state index in [0.717, 1.165) is 6.54 Å². The number of rotatable bonds is 3. The van der Waals surface area contributed by atoms with Gasteiger partial charge in [-0.1, -0.05) is 6.92 Å². The van der Waals surface area contributed by atoms with Gasteiger partial charge in [0.15, 0.2) is 0 Å². The van der Waals surface area contributed by atoms with E-state index in [4.69, 9.17) is 0 Å². The molecule has 0 aromatic carbocycles. The fourth-order valence-corrected chi connectivity index (χ4v) is 1.06. The fraction of sp³-hybridized carbons (Fsp3) is 0.444. The van der Waals surface area contributed by atoms with Crippen LogP contribution in [0.15, 0.2) is 24.5 Å². The molecule has 0 aliphatic rings. The minimum Gasteiger partial charge on any atom is -0.375 e. The van der Waals surface area contributed by atoms with E-state index < -0.39 is 0 Å². The molecule has 0 radical (unpaired) electrons. The summed E-state index contributed by atoms with van der Waals surface area (Å²) >= 11 is 0. The molecular weight excluding hydrogens is 136 g/mol. The second kappa shape index (κ2) is 3.96. The number of hydrogen-bond donors (Lipinski definition) is 0. The van der Waals surface area contributed by atoms with Crippen LogP contribution in [0.2, 0.25) is 0 Å². The van der Waals surface area contributed by atoms with Gasteiger partial charge in [0.25, 0.3) is 0 Å². The number of hydrogen-bond acceptors (Lipinski definition) is 2. The maximum absolute atomic E-state index is 3.96. The summed E-state index contributed by atoms with van der Waals surface area (Å²) in [6.07, 6.45) is 4.82. The number of nitrogens with zero attached hydrogens (tertiary/aromatic N) is 2. The summed E-state index contributed by atoms with van der Waals surface area (Å²) in [6.45, 7) is 3.28. The Balaban J connectivity index is 2.61. The van der Waals surface area contributed by atoms with Crippen molar-refractivity contribution in [2.45, 2.75) is 13.3 Å². The van der Waals surface area contributed by atoms with Gasteiger partial charge in [-0.05, 0) is 18.6 Å². The Morgan fingerprint density at radius 3 is 2.55 bits per heavy atom. The lowest BCUT2D eigenvalue weighted by atomic mass is 10.3. The smallest absolute Gasteiger partial charge is 0.0394 e. The third-order valence-electron chi connectivity index (χ3n) is 1.66. The van der Waals surface area contributed by atoms with E-state index in [0.29, 0.717) is 0 Å². The summed E-state index contributed by atoms with van der Waals surface area (Å²) in [6, 6.07) is 4.05. The van der Waals surface area contributed by atoms with Gasteiger partial charge in [-0.3, -0.25) is 4.98 Å². The van der Waals surface area contributed by atoms with E-state index in [-0.39, 0.29) is 0 Å². The Hall–Kier alpha value is -1.05. The normalized spacial score (nSPS) is 9.64. The first-order valence-corrected chi connectivity index (χ1v) is 3.95. The summed E-state index contributed by atoms with van der Waals surface area (Å²) in [7, 11) is 2.10. The zero-order valence-electron chi connectivity index (χ0n) is 7.12. The topological polar surface area (TPSA) is 16.1 Å². The van der Waals surface area contributed by atoms with Crippen LogP contribution in [-0.2, 0) is 0 Å². The SMILES string of the molecule is CCCN(C)c1ccncc1. The van der Waals surface area contributed by atoms with E-state index >= 15 is 0 Å². The average Bonchev–Trinajstić information content (AvgIpc) is 2.07. The van der Waals surface area contributed by atoms with Gasteiger partial charge in [0.05, 0.1) is 0 Å².